The third-order valence-electron chi connectivity index (χ3n) is 2.65. The van der Waals surface area contributed by atoms with Gasteiger partial charge in [-0.25, -0.2) is 8.42 Å². The zero-order valence-corrected chi connectivity index (χ0v) is 12.3. The maximum Gasteiger partial charge on any atom is 0.178 e. The van der Waals surface area contributed by atoms with Crippen LogP contribution in [0.25, 0.3) is 0 Å². The predicted octanol–water partition coefficient (Wildman–Crippen LogP) is 3.93. The van der Waals surface area contributed by atoms with E-state index in [2.05, 4.69) is 6.58 Å². The van der Waals surface area contributed by atoms with Crippen molar-refractivity contribution in [3.63, 3.8) is 0 Å². The summed E-state index contributed by atoms with van der Waals surface area (Å²) in [4.78, 5) is 0.376. The minimum Gasteiger partial charge on any atom is -0.224 e. The molecule has 0 saturated heterocycles. The fraction of sp³-hybridized carbons (Fsp3) is 0.250. The average Bonchev–Trinajstić information content (AvgIpc) is 2.39. The van der Waals surface area contributed by atoms with Gasteiger partial charge in [-0.2, -0.15) is 0 Å². The van der Waals surface area contributed by atoms with Crippen molar-refractivity contribution in [2.75, 3.05) is 5.75 Å². The lowest BCUT2D eigenvalue weighted by Crippen LogP contribution is -2.07. The highest BCUT2D eigenvalue weighted by molar-refractivity contribution is 7.91. The second-order valence-electron chi connectivity index (χ2n) is 4.57. The van der Waals surface area contributed by atoms with E-state index in [9.17, 15) is 8.42 Å². The van der Waals surface area contributed by atoms with Crippen LogP contribution in [0.5, 0.6) is 0 Å². The predicted molar refractivity (Wildman–Crippen MR) is 80.8 cm³/mol. The van der Waals surface area contributed by atoms with Crippen LogP contribution < -0.4 is 0 Å². The molecule has 0 bridgehead atoms. The maximum absolute atomic E-state index is 12.1. The fourth-order valence-corrected chi connectivity index (χ4v) is 2.84. The van der Waals surface area contributed by atoms with E-state index in [0.29, 0.717) is 11.3 Å². The molecule has 102 valence electrons. The van der Waals surface area contributed by atoms with Gasteiger partial charge in [0.15, 0.2) is 9.84 Å². The van der Waals surface area contributed by atoms with Gasteiger partial charge in [0.25, 0.3) is 0 Å². The molecule has 1 rings (SSSR count). The van der Waals surface area contributed by atoms with Crippen LogP contribution in [0.2, 0.25) is 0 Å². The SMILES string of the molecule is C=C/C(=C\C=C(C)C)CCS(=O)(=O)c1ccccc1. The van der Waals surface area contributed by atoms with Crippen LogP contribution in [-0.2, 0) is 9.84 Å². The van der Waals surface area contributed by atoms with Crippen LogP contribution >= 0.6 is 0 Å². The summed E-state index contributed by atoms with van der Waals surface area (Å²) in [6.45, 7) is 7.72. The molecule has 0 amide bonds. The van der Waals surface area contributed by atoms with Crippen molar-refractivity contribution in [2.45, 2.75) is 25.2 Å². The smallest absolute Gasteiger partial charge is 0.178 e. The summed E-state index contributed by atoms with van der Waals surface area (Å²) in [5.41, 5.74) is 2.10. The molecule has 0 N–H and O–H groups in total. The largest absolute Gasteiger partial charge is 0.224 e. The molecule has 0 aliphatic heterocycles. The molecule has 0 unspecified atom stereocenters. The molecule has 0 aromatic heterocycles. The molecule has 0 aliphatic carbocycles. The second kappa shape index (κ2) is 7.10. The van der Waals surface area contributed by atoms with E-state index < -0.39 is 9.84 Å². The number of hydrogen-bond donors (Lipinski definition) is 0. The highest BCUT2D eigenvalue weighted by Gasteiger charge is 2.13. The van der Waals surface area contributed by atoms with E-state index in [0.717, 1.165) is 5.57 Å². The Hall–Kier alpha value is -1.61. The molecule has 0 aliphatic rings. The van der Waals surface area contributed by atoms with Gasteiger partial charge in [0, 0.05) is 0 Å². The average molecular weight is 276 g/mol. The van der Waals surface area contributed by atoms with Gasteiger partial charge in [-0.1, -0.05) is 48.6 Å². The topological polar surface area (TPSA) is 34.1 Å². The molecule has 0 fully saturated rings. The van der Waals surface area contributed by atoms with E-state index in [1.807, 2.05) is 32.1 Å². The van der Waals surface area contributed by atoms with Gasteiger partial charge in [0.05, 0.1) is 10.6 Å². The van der Waals surface area contributed by atoms with Gasteiger partial charge in [-0.3, -0.25) is 0 Å². The van der Waals surface area contributed by atoms with E-state index in [4.69, 9.17) is 0 Å². The zero-order chi connectivity index (χ0) is 14.3. The number of allylic oxidation sites excluding steroid dienone is 5. The van der Waals surface area contributed by atoms with Crippen molar-refractivity contribution in [3.05, 3.63) is 66.3 Å². The van der Waals surface area contributed by atoms with E-state index in [1.54, 1.807) is 30.3 Å². The van der Waals surface area contributed by atoms with Gasteiger partial charge in [-0.05, 0) is 38.0 Å². The first-order valence-corrected chi connectivity index (χ1v) is 7.85. The molecule has 1 aromatic carbocycles. The highest BCUT2D eigenvalue weighted by Crippen LogP contribution is 2.14. The van der Waals surface area contributed by atoms with E-state index >= 15 is 0 Å². The molecule has 0 saturated carbocycles. The van der Waals surface area contributed by atoms with Crippen LogP contribution in [-0.4, -0.2) is 14.2 Å². The zero-order valence-electron chi connectivity index (χ0n) is 11.5. The lowest BCUT2D eigenvalue weighted by molar-refractivity contribution is 0.595. The Morgan fingerprint density at radius 2 is 1.79 bits per heavy atom. The molecular weight excluding hydrogens is 256 g/mol. The first-order valence-electron chi connectivity index (χ1n) is 6.20. The third-order valence-corrected chi connectivity index (χ3v) is 4.39. The Morgan fingerprint density at radius 3 is 2.32 bits per heavy atom. The number of benzene rings is 1. The monoisotopic (exact) mass is 276 g/mol. The van der Waals surface area contributed by atoms with Gasteiger partial charge >= 0.3 is 0 Å². The Labute approximate surface area is 116 Å². The Kier molecular flexibility index (Phi) is 5.77. The summed E-state index contributed by atoms with van der Waals surface area (Å²) >= 11 is 0. The summed E-state index contributed by atoms with van der Waals surface area (Å²) in [5.74, 6) is 0.103. The molecule has 0 heterocycles. The van der Waals surface area contributed by atoms with Crippen LogP contribution in [0.15, 0.2) is 71.2 Å². The van der Waals surface area contributed by atoms with Gasteiger partial charge in [0.1, 0.15) is 0 Å². The van der Waals surface area contributed by atoms with Crippen LogP contribution in [0, 0.1) is 0 Å². The lowest BCUT2D eigenvalue weighted by atomic mass is 10.1. The molecular formula is C16H20O2S. The molecule has 19 heavy (non-hydrogen) atoms. The van der Waals surface area contributed by atoms with Crippen molar-refractivity contribution in [1.29, 1.82) is 0 Å². The minimum atomic E-state index is -3.21. The van der Waals surface area contributed by atoms with Gasteiger partial charge in [-0.15, -0.1) is 0 Å². The summed E-state index contributed by atoms with van der Waals surface area (Å²) in [5, 5.41) is 0. The number of hydrogen-bond acceptors (Lipinski definition) is 2. The Balaban J connectivity index is 2.78. The van der Waals surface area contributed by atoms with Crippen molar-refractivity contribution in [1.82, 2.24) is 0 Å². The van der Waals surface area contributed by atoms with Crippen LogP contribution in [0.3, 0.4) is 0 Å². The summed E-state index contributed by atoms with van der Waals surface area (Å²) in [6, 6.07) is 8.54. The summed E-state index contributed by atoms with van der Waals surface area (Å²) in [6.07, 6.45) is 6.07. The van der Waals surface area contributed by atoms with Crippen LogP contribution in [0.1, 0.15) is 20.3 Å². The van der Waals surface area contributed by atoms with Crippen molar-refractivity contribution in [2.24, 2.45) is 0 Å². The second-order valence-corrected chi connectivity index (χ2v) is 6.68. The van der Waals surface area contributed by atoms with E-state index in [1.165, 1.54) is 5.57 Å². The normalized spacial score (nSPS) is 12.0. The van der Waals surface area contributed by atoms with Crippen molar-refractivity contribution < 1.29 is 8.42 Å². The quantitative estimate of drug-likeness (QED) is 0.738. The Morgan fingerprint density at radius 1 is 1.16 bits per heavy atom. The molecule has 0 spiro atoms. The van der Waals surface area contributed by atoms with Crippen molar-refractivity contribution in [3.8, 4) is 0 Å². The van der Waals surface area contributed by atoms with Gasteiger partial charge < -0.3 is 0 Å². The minimum absolute atomic E-state index is 0.103. The lowest BCUT2D eigenvalue weighted by Gasteiger charge is -2.04. The standard InChI is InChI=1S/C16H20O2S/c1-4-15(11-10-14(2)3)12-13-19(17,18)16-8-6-5-7-9-16/h4-11H,1,12-13H2,2-3H3/b15-11+. The summed E-state index contributed by atoms with van der Waals surface area (Å²) < 4.78 is 24.2. The highest BCUT2D eigenvalue weighted by atomic mass is 32.2. The number of sulfone groups is 1. The molecule has 0 radical (unpaired) electrons. The van der Waals surface area contributed by atoms with Crippen LogP contribution in [0.4, 0.5) is 0 Å². The third kappa shape index (κ3) is 5.26. The summed E-state index contributed by atoms with van der Waals surface area (Å²) in [7, 11) is -3.21. The van der Waals surface area contributed by atoms with Crippen molar-refractivity contribution >= 4 is 9.84 Å². The molecule has 0 atom stereocenters. The first-order chi connectivity index (χ1) is 8.95. The van der Waals surface area contributed by atoms with Gasteiger partial charge in [0.2, 0.25) is 0 Å². The number of rotatable bonds is 6. The first kappa shape index (κ1) is 15.4. The molecule has 3 heteroatoms. The molecule has 2 nitrogen and oxygen atoms in total. The maximum atomic E-state index is 12.1. The molecule has 1 aromatic rings. The fourth-order valence-electron chi connectivity index (χ4n) is 1.53. The van der Waals surface area contributed by atoms with E-state index in [-0.39, 0.29) is 5.75 Å². The Bertz CT molecular complexity index is 574.